The third-order valence-corrected chi connectivity index (χ3v) is 3.88. The number of benzene rings is 1. The zero-order valence-electron chi connectivity index (χ0n) is 14.6. The molecular formula is C17H22Cl2N6O. The van der Waals surface area contributed by atoms with Gasteiger partial charge in [-0.05, 0) is 39.1 Å². The number of amides is 1. The third-order valence-electron chi connectivity index (χ3n) is 3.88. The van der Waals surface area contributed by atoms with Crippen LogP contribution < -0.4 is 10.6 Å². The van der Waals surface area contributed by atoms with Crippen LogP contribution in [0.3, 0.4) is 0 Å². The number of aromatic nitrogens is 4. The van der Waals surface area contributed by atoms with Gasteiger partial charge in [-0.1, -0.05) is 17.3 Å². The van der Waals surface area contributed by atoms with Gasteiger partial charge in [0.1, 0.15) is 0 Å². The fourth-order valence-corrected chi connectivity index (χ4v) is 2.61. The van der Waals surface area contributed by atoms with Crippen molar-refractivity contribution in [3.05, 3.63) is 48.0 Å². The molecule has 0 spiro atoms. The molecule has 2 heterocycles. The third kappa shape index (κ3) is 4.49. The Morgan fingerprint density at radius 1 is 1.19 bits per heavy atom. The molecule has 0 atom stereocenters. The van der Waals surface area contributed by atoms with E-state index in [1.807, 2.05) is 38.2 Å². The van der Waals surface area contributed by atoms with Gasteiger partial charge in [-0.15, -0.1) is 29.9 Å². The smallest absolute Gasteiger partial charge is 0.273 e. The summed E-state index contributed by atoms with van der Waals surface area (Å²) < 4.78 is 1.70. The Morgan fingerprint density at radius 3 is 2.77 bits per heavy atom. The molecule has 0 radical (unpaired) electrons. The van der Waals surface area contributed by atoms with Gasteiger partial charge < -0.3 is 10.6 Å². The van der Waals surface area contributed by atoms with Crippen molar-refractivity contribution < 1.29 is 4.79 Å². The predicted octanol–water partition coefficient (Wildman–Crippen LogP) is 2.31. The Bertz CT molecular complexity index is 862. The molecule has 3 aromatic rings. The number of fused-ring (bicyclic) bond motifs is 1. The number of nitrogens with one attached hydrogen (secondary N) is 2. The van der Waals surface area contributed by atoms with Gasteiger partial charge in [0.2, 0.25) is 0 Å². The molecule has 1 amide bonds. The van der Waals surface area contributed by atoms with Crippen molar-refractivity contribution in [3.63, 3.8) is 0 Å². The fourth-order valence-electron chi connectivity index (χ4n) is 2.61. The van der Waals surface area contributed by atoms with Crippen molar-refractivity contribution >= 4 is 41.5 Å². The van der Waals surface area contributed by atoms with E-state index in [1.54, 1.807) is 17.1 Å². The molecule has 0 aliphatic rings. The first-order valence-corrected chi connectivity index (χ1v) is 7.90. The molecule has 0 unspecified atom stereocenters. The SMILES string of the molecule is CNCCCNC(=O)c1nnn(-c2cccc3cnccc23)c1C.Cl.Cl. The van der Waals surface area contributed by atoms with E-state index in [2.05, 4.69) is 25.9 Å². The first kappa shape index (κ1) is 21.8. The van der Waals surface area contributed by atoms with Crippen molar-refractivity contribution in [2.45, 2.75) is 13.3 Å². The topological polar surface area (TPSA) is 84.7 Å². The number of nitrogens with zero attached hydrogens (tertiary/aromatic N) is 4. The quantitative estimate of drug-likeness (QED) is 0.624. The summed E-state index contributed by atoms with van der Waals surface area (Å²) in [6, 6.07) is 7.83. The number of pyridine rings is 1. The van der Waals surface area contributed by atoms with Crippen LogP contribution in [0, 0.1) is 6.92 Å². The van der Waals surface area contributed by atoms with E-state index in [1.165, 1.54) is 0 Å². The summed E-state index contributed by atoms with van der Waals surface area (Å²) >= 11 is 0. The second kappa shape index (κ2) is 10.1. The van der Waals surface area contributed by atoms with Gasteiger partial charge in [0.15, 0.2) is 5.69 Å². The van der Waals surface area contributed by atoms with Crippen molar-refractivity contribution in [3.8, 4) is 5.69 Å². The van der Waals surface area contributed by atoms with Crippen LogP contribution in [0.25, 0.3) is 16.5 Å². The molecule has 0 saturated carbocycles. The van der Waals surface area contributed by atoms with Crippen molar-refractivity contribution in [2.24, 2.45) is 0 Å². The first-order valence-electron chi connectivity index (χ1n) is 7.90. The number of hydrogen-bond donors (Lipinski definition) is 2. The van der Waals surface area contributed by atoms with Gasteiger partial charge in [-0.3, -0.25) is 9.78 Å². The molecule has 1 aromatic carbocycles. The zero-order chi connectivity index (χ0) is 16.9. The van der Waals surface area contributed by atoms with Crippen LogP contribution in [0.15, 0.2) is 36.7 Å². The van der Waals surface area contributed by atoms with E-state index >= 15 is 0 Å². The van der Waals surface area contributed by atoms with E-state index in [4.69, 9.17) is 0 Å². The highest BCUT2D eigenvalue weighted by Gasteiger charge is 2.17. The number of carbonyl (C=O) groups is 1. The molecule has 0 fully saturated rings. The molecule has 3 rings (SSSR count). The molecular weight excluding hydrogens is 375 g/mol. The van der Waals surface area contributed by atoms with E-state index in [0.29, 0.717) is 17.9 Å². The molecule has 0 saturated heterocycles. The van der Waals surface area contributed by atoms with Gasteiger partial charge >= 0.3 is 0 Å². The Hall–Kier alpha value is -2.22. The van der Waals surface area contributed by atoms with Gasteiger partial charge in [0.05, 0.1) is 11.4 Å². The highest BCUT2D eigenvalue weighted by Crippen LogP contribution is 2.22. The number of halogens is 2. The molecule has 0 aliphatic heterocycles. The minimum atomic E-state index is -0.197. The van der Waals surface area contributed by atoms with Crippen molar-refractivity contribution in [2.75, 3.05) is 20.1 Å². The molecule has 2 aromatic heterocycles. The van der Waals surface area contributed by atoms with E-state index < -0.39 is 0 Å². The van der Waals surface area contributed by atoms with Crippen LogP contribution in [-0.2, 0) is 0 Å². The van der Waals surface area contributed by atoms with Gasteiger partial charge in [0.25, 0.3) is 5.91 Å². The standard InChI is InChI=1S/C17H20N6O.2ClH/c1-12-16(17(24)20-9-4-8-18-2)21-22-23(12)15-6-3-5-13-11-19-10-7-14(13)15;;/h3,5-7,10-11,18H,4,8-9H2,1-2H3,(H,20,24);2*1H. The maximum absolute atomic E-state index is 12.3. The molecule has 7 nitrogen and oxygen atoms in total. The number of carbonyl (C=O) groups excluding carboxylic acids is 1. The van der Waals surface area contributed by atoms with Gasteiger partial charge in [-0.2, -0.15) is 0 Å². The minimum Gasteiger partial charge on any atom is -0.351 e. The van der Waals surface area contributed by atoms with Crippen LogP contribution >= 0.6 is 24.8 Å². The summed E-state index contributed by atoms with van der Waals surface area (Å²) in [4.78, 5) is 16.4. The Balaban J connectivity index is 0.00000169. The highest BCUT2D eigenvalue weighted by molar-refractivity contribution is 5.94. The average molecular weight is 397 g/mol. The lowest BCUT2D eigenvalue weighted by molar-refractivity contribution is 0.0947. The molecule has 26 heavy (non-hydrogen) atoms. The largest absolute Gasteiger partial charge is 0.351 e. The normalized spacial score (nSPS) is 10.1. The summed E-state index contributed by atoms with van der Waals surface area (Å²) in [5, 5.41) is 16.2. The molecule has 140 valence electrons. The van der Waals surface area contributed by atoms with Crippen LogP contribution in [0.5, 0.6) is 0 Å². The Morgan fingerprint density at radius 2 is 2.00 bits per heavy atom. The van der Waals surface area contributed by atoms with Crippen LogP contribution in [0.4, 0.5) is 0 Å². The fraction of sp³-hybridized carbons (Fsp3) is 0.294. The van der Waals surface area contributed by atoms with Crippen LogP contribution in [0.1, 0.15) is 22.6 Å². The highest BCUT2D eigenvalue weighted by atomic mass is 35.5. The second-order valence-corrected chi connectivity index (χ2v) is 5.52. The maximum Gasteiger partial charge on any atom is 0.273 e. The van der Waals surface area contributed by atoms with Crippen LogP contribution in [0.2, 0.25) is 0 Å². The Labute approximate surface area is 164 Å². The lowest BCUT2D eigenvalue weighted by atomic mass is 10.1. The second-order valence-electron chi connectivity index (χ2n) is 5.52. The predicted molar refractivity (Wildman–Crippen MR) is 107 cm³/mol. The van der Waals surface area contributed by atoms with E-state index in [9.17, 15) is 4.79 Å². The number of hydrogen-bond acceptors (Lipinski definition) is 5. The average Bonchev–Trinajstić information content (AvgIpc) is 2.99. The minimum absolute atomic E-state index is 0. The number of rotatable bonds is 6. The maximum atomic E-state index is 12.3. The summed E-state index contributed by atoms with van der Waals surface area (Å²) in [6.07, 6.45) is 4.42. The lowest BCUT2D eigenvalue weighted by Gasteiger charge is -2.08. The zero-order valence-corrected chi connectivity index (χ0v) is 16.2. The summed E-state index contributed by atoms with van der Waals surface area (Å²) in [6.45, 7) is 3.31. The molecule has 0 bridgehead atoms. The summed E-state index contributed by atoms with van der Waals surface area (Å²) in [5.41, 5.74) is 1.95. The molecule has 9 heteroatoms. The van der Waals surface area contributed by atoms with Crippen molar-refractivity contribution in [1.82, 2.24) is 30.6 Å². The van der Waals surface area contributed by atoms with E-state index in [-0.39, 0.29) is 30.7 Å². The summed E-state index contributed by atoms with van der Waals surface area (Å²) in [7, 11) is 1.89. The van der Waals surface area contributed by atoms with Gasteiger partial charge in [-0.25, -0.2) is 4.68 Å². The van der Waals surface area contributed by atoms with E-state index in [0.717, 1.165) is 29.4 Å². The Kier molecular flexibility index (Phi) is 8.44. The van der Waals surface area contributed by atoms with Crippen molar-refractivity contribution in [1.29, 1.82) is 0 Å². The first-order chi connectivity index (χ1) is 11.7. The lowest BCUT2D eigenvalue weighted by Crippen LogP contribution is -2.27. The molecule has 2 N–H and O–H groups in total. The van der Waals surface area contributed by atoms with Crippen LogP contribution in [-0.4, -0.2) is 46.0 Å². The molecule has 0 aliphatic carbocycles. The van der Waals surface area contributed by atoms with Gasteiger partial charge in [0, 0.05) is 29.7 Å². The monoisotopic (exact) mass is 396 g/mol. The summed E-state index contributed by atoms with van der Waals surface area (Å²) in [5.74, 6) is -0.197.